The zero-order valence-electron chi connectivity index (χ0n) is 10.4. The van der Waals surface area contributed by atoms with E-state index in [0.717, 1.165) is 6.07 Å². The van der Waals surface area contributed by atoms with Gasteiger partial charge in [-0.05, 0) is 11.6 Å². The van der Waals surface area contributed by atoms with Gasteiger partial charge in [0.25, 0.3) is 0 Å². The number of alkyl halides is 3. The van der Waals surface area contributed by atoms with E-state index in [1.54, 1.807) is 0 Å². The van der Waals surface area contributed by atoms with Crippen LogP contribution in [0.15, 0.2) is 35.4 Å². The predicted octanol–water partition coefficient (Wildman–Crippen LogP) is 3.51. The van der Waals surface area contributed by atoms with Crippen molar-refractivity contribution in [3.63, 3.8) is 0 Å². The molecule has 8 heteroatoms. The van der Waals surface area contributed by atoms with Crippen molar-refractivity contribution < 1.29 is 22.5 Å². The molecule has 2 N–H and O–H groups in total. The predicted molar refractivity (Wildman–Crippen MR) is 70.2 cm³/mol. The topological polar surface area (TPSA) is 69.1 Å². The lowest BCUT2D eigenvalue weighted by Crippen LogP contribution is -2.11. The number of aromatic nitrogens is 1. The lowest BCUT2D eigenvalue weighted by molar-refractivity contribution is -0.155. The second-order valence-corrected chi connectivity index (χ2v) is 4.52. The van der Waals surface area contributed by atoms with Crippen LogP contribution < -0.4 is 5.73 Å². The number of amides is 1. The number of halogens is 4. The molecule has 0 unspecified atom stereocenters. The van der Waals surface area contributed by atoms with E-state index in [1.807, 2.05) is 0 Å². The number of rotatable bonds is 3. The molecule has 1 heterocycles. The zero-order valence-corrected chi connectivity index (χ0v) is 11.1. The minimum atomic E-state index is -4.63. The van der Waals surface area contributed by atoms with Crippen LogP contribution in [0, 0.1) is 0 Å². The normalized spacial score (nSPS) is 11.4. The Kier molecular flexibility index (Phi) is 3.78. The summed E-state index contributed by atoms with van der Waals surface area (Å²) < 4.78 is 41.6. The van der Waals surface area contributed by atoms with Crippen molar-refractivity contribution in [2.45, 2.75) is 6.18 Å². The molecule has 2 rings (SSSR count). The van der Waals surface area contributed by atoms with Crippen LogP contribution in [-0.2, 0) is 11.0 Å². The molecule has 0 radical (unpaired) electrons. The second-order valence-electron chi connectivity index (χ2n) is 4.11. The summed E-state index contributed by atoms with van der Waals surface area (Å²) in [6.45, 7) is 3.49. The highest BCUT2D eigenvalue weighted by molar-refractivity contribution is 6.33. The van der Waals surface area contributed by atoms with Gasteiger partial charge in [0.15, 0.2) is 0 Å². The number of hydrogen-bond acceptors (Lipinski definition) is 3. The van der Waals surface area contributed by atoms with Crippen LogP contribution in [0.25, 0.3) is 16.8 Å². The molecular formula is C13H8ClF3N2O2. The molecule has 4 nitrogen and oxygen atoms in total. The molecule has 2 aromatic rings. The minimum Gasteiger partial charge on any atom is -0.366 e. The third-order valence-corrected chi connectivity index (χ3v) is 2.99. The van der Waals surface area contributed by atoms with Crippen LogP contribution in [0.4, 0.5) is 13.2 Å². The average Bonchev–Trinajstić information content (AvgIpc) is 2.86. The van der Waals surface area contributed by atoms with Gasteiger partial charge >= 0.3 is 6.18 Å². The lowest BCUT2D eigenvalue weighted by atomic mass is 10.0. The first kappa shape index (κ1) is 15.1. The molecule has 1 aromatic heterocycles. The van der Waals surface area contributed by atoms with Crippen LogP contribution in [0.3, 0.4) is 0 Å². The number of carbonyl (C=O) groups excluding carboxylic acids is 1. The zero-order chi connectivity index (χ0) is 15.8. The van der Waals surface area contributed by atoms with Gasteiger partial charge in [-0.3, -0.25) is 4.79 Å². The summed E-state index contributed by atoms with van der Waals surface area (Å²) >= 11 is 5.98. The van der Waals surface area contributed by atoms with Crippen molar-refractivity contribution >= 4 is 23.1 Å². The molecule has 0 atom stereocenters. The van der Waals surface area contributed by atoms with Crippen molar-refractivity contribution in [3.05, 3.63) is 47.2 Å². The van der Waals surface area contributed by atoms with Crippen LogP contribution in [0.1, 0.15) is 11.3 Å². The number of hydrogen-bond donors (Lipinski definition) is 1. The van der Waals surface area contributed by atoms with Crippen molar-refractivity contribution in [1.29, 1.82) is 0 Å². The van der Waals surface area contributed by atoms with E-state index in [0.29, 0.717) is 5.56 Å². The Morgan fingerprint density at radius 2 is 2.00 bits per heavy atom. The standard InChI is InChI=1S/C13H8ClF3N2O2/c1-6(12(18)20)7-2-3-8(9(14)4-7)10-5-11(21-19-10)13(15,16)17/h2-5H,1H2,(H2,18,20). The molecule has 0 bridgehead atoms. The van der Waals surface area contributed by atoms with Crippen molar-refractivity contribution in [3.8, 4) is 11.3 Å². The molecule has 0 fully saturated rings. The summed E-state index contributed by atoms with van der Waals surface area (Å²) in [7, 11) is 0. The van der Waals surface area contributed by atoms with E-state index in [2.05, 4.69) is 16.3 Å². The number of nitrogens with two attached hydrogens (primary N) is 1. The number of benzene rings is 1. The molecule has 110 valence electrons. The molecule has 21 heavy (non-hydrogen) atoms. The fourth-order valence-electron chi connectivity index (χ4n) is 1.59. The third-order valence-electron chi connectivity index (χ3n) is 2.68. The summed E-state index contributed by atoms with van der Waals surface area (Å²) in [6, 6.07) is 4.97. The smallest absolute Gasteiger partial charge is 0.366 e. The number of nitrogens with zero attached hydrogens (tertiary/aromatic N) is 1. The van der Waals surface area contributed by atoms with E-state index in [1.165, 1.54) is 18.2 Å². The molecule has 0 spiro atoms. The van der Waals surface area contributed by atoms with Gasteiger partial charge in [-0.15, -0.1) is 0 Å². The monoisotopic (exact) mass is 316 g/mol. The quantitative estimate of drug-likeness (QED) is 0.881. The maximum absolute atomic E-state index is 12.4. The highest BCUT2D eigenvalue weighted by Crippen LogP contribution is 2.35. The number of carbonyl (C=O) groups is 1. The fourth-order valence-corrected chi connectivity index (χ4v) is 1.87. The molecule has 0 saturated carbocycles. The van der Waals surface area contributed by atoms with Gasteiger partial charge in [-0.1, -0.05) is 35.5 Å². The van der Waals surface area contributed by atoms with E-state index in [9.17, 15) is 18.0 Å². The van der Waals surface area contributed by atoms with Crippen molar-refractivity contribution in [2.24, 2.45) is 5.73 Å². The van der Waals surface area contributed by atoms with Gasteiger partial charge in [0, 0.05) is 17.2 Å². The van der Waals surface area contributed by atoms with Crippen LogP contribution in [0.5, 0.6) is 0 Å². The third kappa shape index (κ3) is 3.08. The van der Waals surface area contributed by atoms with Crippen LogP contribution in [-0.4, -0.2) is 11.1 Å². The van der Waals surface area contributed by atoms with Gasteiger partial charge in [0.2, 0.25) is 11.7 Å². The van der Waals surface area contributed by atoms with Gasteiger partial charge in [0.1, 0.15) is 5.69 Å². The summed E-state index contributed by atoms with van der Waals surface area (Å²) in [5.74, 6) is -1.95. The van der Waals surface area contributed by atoms with E-state index < -0.39 is 17.8 Å². The Bertz CT molecular complexity index is 722. The van der Waals surface area contributed by atoms with E-state index in [4.69, 9.17) is 17.3 Å². The molecule has 0 saturated heterocycles. The SMILES string of the molecule is C=C(C(N)=O)c1ccc(-c2cc(C(F)(F)F)on2)c(Cl)c1. The van der Waals surface area contributed by atoms with Gasteiger partial charge < -0.3 is 10.3 Å². The maximum Gasteiger partial charge on any atom is 0.452 e. The first-order chi connectivity index (χ1) is 9.70. The number of primary amides is 1. The molecular weight excluding hydrogens is 309 g/mol. The van der Waals surface area contributed by atoms with E-state index >= 15 is 0 Å². The van der Waals surface area contributed by atoms with Gasteiger partial charge in [0.05, 0.1) is 5.02 Å². The summed E-state index contributed by atoms with van der Waals surface area (Å²) in [4.78, 5) is 11.0. The van der Waals surface area contributed by atoms with Crippen LogP contribution in [0.2, 0.25) is 5.02 Å². The molecule has 1 aromatic carbocycles. The van der Waals surface area contributed by atoms with Gasteiger partial charge in [-0.25, -0.2) is 0 Å². The van der Waals surface area contributed by atoms with Crippen LogP contribution >= 0.6 is 11.6 Å². The maximum atomic E-state index is 12.4. The molecule has 0 aliphatic carbocycles. The first-order valence-corrected chi connectivity index (χ1v) is 5.91. The Labute approximate surface area is 122 Å². The van der Waals surface area contributed by atoms with E-state index in [-0.39, 0.29) is 21.9 Å². The van der Waals surface area contributed by atoms with Crippen molar-refractivity contribution in [1.82, 2.24) is 5.16 Å². The molecule has 0 aliphatic heterocycles. The average molecular weight is 317 g/mol. The highest BCUT2D eigenvalue weighted by atomic mass is 35.5. The largest absolute Gasteiger partial charge is 0.452 e. The Balaban J connectivity index is 2.40. The lowest BCUT2D eigenvalue weighted by Gasteiger charge is -2.05. The minimum absolute atomic E-state index is 0.0413. The summed E-state index contributed by atoms with van der Waals surface area (Å²) in [6.07, 6.45) is -4.63. The Morgan fingerprint density at radius 3 is 2.48 bits per heavy atom. The molecule has 0 aliphatic rings. The summed E-state index contributed by atoms with van der Waals surface area (Å²) in [5, 5.41) is 3.42. The fraction of sp³-hybridized carbons (Fsp3) is 0.0769. The second kappa shape index (κ2) is 5.25. The van der Waals surface area contributed by atoms with Crippen molar-refractivity contribution in [2.75, 3.05) is 0 Å². The molecule has 1 amide bonds. The Hall–Kier alpha value is -2.28. The summed E-state index contributed by atoms with van der Waals surface area (Å²) in [5.41, 5.74) is 5.66. The first-order valence-electron chi connectivity index (χ1n) is 5.53. The van der Waals surface area contributed by atoms with Gasteiger partial charge in [-0.2, -0.15) is 13.2 Å². The highest BCUT2D eigenvalue weighted by Gasteiger charge is 2.36. The Morgan fingerprint density at radius 1 is 1.33 bits per heavy atom.